The van der Waals surface area contributed by atoms with Gasteiger partial charge in [0, 0.05) is 27.0 Å². The smallest absolute Gasteiger partial charge is 0.0414 e. The number of aliphatic carboxylic acids is 1. The molecule has 0 saturated heterocycles. The monoisotopic (exact) mass is 302 g/mol. The summed E-state index contributed by atoms with van der Waals surface area (Å²) < 4.78 is 0. The average Bonchev–Trinajstić information content (AvgIpc) is 1.72. The van der Waals surface area contributed by atoms with Crippen LogP contribution in [0.25, 0.3) is 0 Å². The summed E-state index contributed by atoms with van der Waals surface area (Å²) in [5.41, 5.74) is 0. The first-order valence-electron chi connectivity index (χ1n) is 2.29. The number of aliphatic hydroxyl groups is 1. The van der Waals surface area contributed by atoms with Crippen LogP contribution in [0.3, 0.4) is 0 Å². The van der Waals surface area contributed by atoms with Gasteiger partial charge in [0.2, 0.25) is 0 Å². The van der Waals surface area contributed by atoms with Crippen molar-refractivity contribution in [2.75, 3.05) is 0 Å². The van der Waals surface area contributed by atoms with Gasteiger partial charge in [-0.05, 0) is 6.42 Å². The third-order valence-corrected chi connectivity index (χ3v) is 0.454. The van der Waals surface area contributed by atoms with Gasteiger partial charge in [-0.2, -0.15) is 0 Å². The second-order valence-electron chi connectivity index (χ2n) is 1.12. The van der Waals surface area contributed by atoms with Crippen LogP contribution in [0, 0.1) is 7.11 Å². The largest absolute Gasteiger partial charge is 0.569 e. The molecule has 9 heavy (non-hydrogen) atoms. The van der Waals surface area contributed by atoms with E-state index in [0.29, 0.717) is 6.42 Å². The van der Waals surface area contributed by atoms with E-state index in [4.69, 9.17) is 5.11 Å². The van der Waals surface area contributed by atoms with Crippen LogP contribution in [-0.2, 0) is 25.9 Å². The summed E-state index contributed by atoms with van der Waals surface area (Å²) in [5.74, 6) is -0.961. The Balaban J connectivity index is -0.000000109. The number of hydrogen-bond acceptors (Lipinski definition) is 3. The molecule has 0 bridgehead atoms. The van der Waals surface area contributed by atoms with Crippen LogP contribution >= 0.6 is 0 Å². The number of carboxylic acids is 1. The first kappa shape index (κ1) is 16.1. The van der Waals surface area contributed by atoms with Gasteiger partial charge in [0.1, 0.15) is 0 Å². The first-order chi connectivity index (χ1) is 3.77. The van der Waals surface area contributed by atoms with E-state index in [1.165, 1.54) is 0 Å². The molecule has 0 fully saturated rings. The van der Waals surface area contributed by atoms with Crippen molar-refractivity contribution in [3.8, 4) is 0 Å². The summed E-state index contributed by atoms with van der Waals surface area (Å²) in [6, 6.07) is 0. The fraction of sp³-hybridized carbons (Fsp3) is 0.600. The number of rotatable bonds is 2. The zero-order valence-electron chi connectivity index (χ0n) is 5.29. The molecule has 0 spiro atoms. The molecule has 0 aromatic rings. The third kappa shape index (κ3) is 31.3. The minimum absolute atomic E-state index is 0. The van der Waals surface area contributed by atoms with Crippen LogP contribution in [0.1, 0.15) is 19.8 Å². The molecule has 4 heteroatoms. The number of carbonyl (C=O) groups excluding carboxylic acids is 1. The zero-order valence-corrected chi connectivity index (χ0v) is 8.23. The van der Waals surface area contributed by atoms with Gasteiger partial charge in [-0.15, -0.1) is 0 Å². The van der Waals surface area contributed by atoms with Crippen LogP contribution in [0.15, 0.2) is 0 Å². The van der Waals surface area contributed by atoms with Crippen molar-refractivity contribution in [2.24, 2.45) is 0 Å². The number of hydrogen-bond donors (Lipinski definition) is 1. The fourth-order valence-electron chi connectivity index (χ4n) is 0.204. The summed E-state index contributed by atoms with van der Waals surface area (Å²) in [5, 5.41) is 16.2. The van der Waals surface area contributed by atoms with Crippen molar-refractivity contribution in [3.63, 3.8) is 0 Å². The van der Waals surface area contributed by atoms with Gasteiger partial charge in [0.05, 0.1) is 0 Å². The molecule has 0 saturated carbocycles. The Bertz CT molecular complexity index is 56.2. The van der Waals surface area contributed by atoms with Crippen LogP contribution in [-0.4, -0.2) is 11.1 Å². The second-order valence-corrected chi connectivity index (χ2v) is 1.12. The van der Waals surface area contributed by atoms with Crippen molar-refractivity contribution in [2.45, 2.75) is 19.8 Å². The van der Waals surface area contributed by atoms with Crippen molar-refractivity contribution in [1.82, 2.24) is 0 Å². The van der Waals surface area contributed by atoms with E-state index in [1.54, 1.807) is 6.92 Å². The molecule has 0 aliphatic heterocycles. The SMILES string of the molecule is CCCC(=O)[O-].[CH2-]O.[W]. The Morgan fingerprint density at radius 2 is 2.00 bits per heavy atom. The summed E-state index contributed by atoms with van der Waals surface area (Å²) in [6.07, 6.45) is 0.850. The van der Waals surface area contributed by atoms with Gasteiger partial charge < -0.3 is 15.0 Å². The molecule has 0 unspecified atom stereocenters. The maximum Gasteiger partial charge on any atom is 0.0414 e. The van der Waals surface area contributed by atoms with Crippen LogP contribution in [0.2, 0.25) is 0 Å². The molecule has 56 valence electrons. The molecule has 0 amide bonds. The molecule has 0 rings (SSSR count). The summed E-state index contributed by atoms with van der Waals surface area (Å²) in [4.78, 5) is 9.49. The Morgan fingerprint density at radius 1 is 1.67 bits per heavy atom. The number of carboxylic acid groups (broad SMARTS) is 1. The molecule has 0 atom stereocenters. The molecule has 3 nitrogen and oxygen atoms in total. The summed E-state index contributed by atoms with van der Waals surface area (Å²) >= 11 is 0. The van der Waals surface area contributed by atoms with Crippen LogP contribution < -0.4 is 5.11 Å². The zero-order chi connectivity index (χ0) is 6.99. The minimum atomic E-state index is -0.961. The molecular formula is C5H10O3W-2. The molecule has 0 aromatic carbocycles. The normalized spacial score (nSPS) is 6.11. The topological polar surface area (TPSA) is 60.4 Å². The van der Waals surface area contributed by atoms with E-state index < -0.39 is 5.97 Å². The van der Waals surface area contributed by atoms with Gasteiger partial charge in [-0.3, -0.25) is 0 Å². The van der Waals surface area contributed by atoms with E-state index in [2.05, 4.69) is 7.11 Å². The minimum Gasteiger partial charge on any atom is -0.569 e. The predicted octanol–water partition coefficient (Wildman–Crippen LogP) is -0.316. The van der Waals surface area contributed by atoms with Crippen molar-refractivity contribution in [3.05, 3.63) is 7.11 Å². The Labute approximate surface area is 69.3 Å². The Morgan fingerprint density at radius 3 is 2.00 bits per heavy atom. The number of carbonyl (C=O) groups is 1. The summed E-state index contributed by atoms with van der Waals surface area (Å²) in [7, 11) is 2.25. The Kier molecular flexibility index (Phi) is 28.0. The molecule has 0 aromatic heterocycles. The standard InChI is InChI=1S/C4H8O2.CH3O.W/c1-2-3-4(5)6;1-2;/h2-3H2,1H3,(H,5,6);2H,1H2;/q;-1;/p-1. The average molecular weight is 302 g/mol. The predicted molar refractivity (Wildman–Crippen MR) is 27.2 cm³/mol. The third-order valence-electron chi connectivity index (χ3n) is 0.454. The fourth-order valence-corrected chi connectivity index (χ4v) is 0.204. The van der Waals surface area contributed by atoms with Gasteiger partial charge in [0.15, 0.2) is 0 Å². The van der Waals surface area contributed by atoms with Gasteiger partial charge >= 0.3 is 0 Å². The number of aliphatic hydroxyl groups excluding tert-OH is 1. The van der Waals surface area contributed by atoms with Crippen LogP contribution in [0.5, 0.6) is 0 Å². The maximum atomic E-state index is 9.49. The molecule has 0 radical (unpaired) electrons. The van der Waals surface area contributed by atoms with Crippen molar-refractivity contribution >= 4 is 5.97 Å². The van der Waals surface area contributed by atoms with Crippen LogP contribution in [0.4, 0.5) is 0 Å². The van der Waals surface area contributed by atoms with E-state index in [0.717, 1.165) is 0 Å². The molecular weight excluding hydrogens is 292 g/mol. The second kappa shape index (κ2) is 15.7. The molecule has 0 heterocycles. The van der Waals surface area contributed by atoms with E-state index in [1.807, 2.05) is 0 Å². The van der Waals surface area contributed by atoms with Crippen molar-refractivity contribution < 1.29 is 36.1 Å². The maximum absolute atomic E-state index is 9.49. The first-order valence-corrected chi connectivity index (χ1v) is 2.29. The van der Waals surface area contributed by atoms with Gasteiger partial charge in [-0.25, -0.2) is 7.11 Å². The molecule has 1 N–H and O–H groups in total. The van der Waals surface area contributed by atoms with Crippen molar-refractivity contribution in [1.29, 1.82) is 0 Å². The molecule has 0 aliphatic rings. The quantitative estimate of drug-likeness (QED) is 0.712. The van der Waals surface area contributed by atoms with E-state index in [9.17, 15) is 9.90 Å². The summed E-state index contributed by atoms with van der Waals surface area (Å²) in [6.45, 7) is 1.80. The van der Waals surface area contributed by atoms with Gasteiger partial charge in [-0.1, -0.05) is 13.3 Å². The van der Waals surface area contributed by atoms with E-state index in [-0.39, 0.29) is 27.5 Å². The van der Waals surface area contributed by atoms with E-state index >= 15 is 0 Å². The molecule has 0 aliphatic carbocycles. The Hall–Kier alpha value is 0.118. The van der Waals surface area contributed by atoms with Gasteiger partial charge in [0.25, 0.3) is 0 Å².